The van der Waals surface area contributed by atoms with E-state index in [1.165, 1.54) is 7.11 Å². The van der Waals surface area contributed by atoms with Crippen molar-refractivity contribution in [3.8, 4) is 5.75 Å². The Morgan fingerprint density at radius 1 is 1.46 bits per heavy atom. The van der Waals surface area contributed by atoms with E-state index in [2.05, 4.69) is 4.84 Å². The van der Waals surface area contributed by atoms with Crippen molar-refractivity contribution in [2.24, 2.45) is 5.90 Å². The van der Waals surface area contributed by atoms with Gasteiger partial charge in [0.15, 0.2) is 11.6 Å². The fourth-order valence-electron chi connectivity index (χ4n) is 1.12. The smallest absolute Gasteiger partial charge is 0.168 e. The van der Waals surface area contributed by atoms with Crippen LogP contribution in [0.1, 0.15) is 11.1 Å². The first kappa shape index (κ1) is 9.95. The number of rotatable bonds is 3. The van der Waals surface area contributed by atoms with Gasteiger partial charge < -0.3 is 4.74 Å². The first-order chi connectivity index (χ1) is 6.20. The molecule has 1 aromatic carbocycles. The fraction of sp³-hybridized carbons (Fsp3) is 0.333. The predicted molar refractivity (Wildman–Crippen MR) is 46.7 cm³/mol. The highest BCUT2D eigenvalue weighted by atomic mass is 19.1. The van der Waals surface area contributed by atoms with Crippen molar-refractivity contribution in [2.75, 3.05) is 7.11 Å². The van der Waals surface area contributed by atoms with E-state index in [9.17, 15) is 4.39 Å². The maximum Gasteiger partial charge on any atom is 0.168 e. The summed E-state index contributed by atoms with van der Waals surface area (Å²) in [5, 5.41) is 0. The average molecular weight is 185 g/mol. The molecule has 0 aromatic heterocycles. The van der Waals surface area contributed by atoms with Crippen molar-refractivity contribution >= 4 is 0 Å². The van der Waals surface area contributed by atoms with Gasteiger partial charge in [-0.05, 0) is 12.5 Å². The lowest BCUT2D eigenvalue weighted by atomic mass is 10.1. The van der Waals surface area contributed by atoms with Gasteiger partial charge in [0.1, 0.15) is 0 Å². The number of halogens is 1. The van der Waals surface area contributed by atoms with Crippen LogP contribution in [0.5, 0.6) is 5.75 Å². The van der Waals surface area contributed by atoms with Crippen molar-refractivity contribution in [1.82, 2.24) is 0 Å². The summed E-state index contributed by atoms with van der Waals surface area (Å²) in [5.41, 5.74) is 1.14. The van der Waals surface area contributed by atoms with Crippen LogP contribution in [0.2, 0.25) is 0 Å². The zero-order valence-electron chi connectivity index (χ0n) is 7.63. The van der Waals surface area contributed by atoms with Crippen molar-refractivity contribution in [3.05, 3.63) is 29.1 Å². The molecule has 3 nitrogen and oxygen atoms in total. The van der Waals surface area contributed by atoms with Crippen LogP contribution in [0.15, 0.2) is 12.1 Å². The summed E-state index contributed by atoms with van der Waals surface area (Å²) in [6.07, 6.45) is 0. The third-order valence-corrected chi connectivity index (χ3v) is 1.81. The lowest BCUT2D eigenvalue weighted by Gasteiger charge is -2.09. The van der Waals surface area contributed by atoms with Gasteiger partial charge in [-0.2, -0.15) is 0 Å². The zero-order chi connectivity index (χ0) is 9.84. The molecule has 0 atom stereocenters. The van der Waals surface area contributed by atoms with Gasteiger partial charge in [-0.1, -0.05) is 12.1 Å². The number of nitrogens with two attached hydrogens (primary N) is 1. The highest BCUT2D eigenvalue weighted by Gasteiger charge is 2.11. The molecule has 0 heterocycles. The molecule has 13 heavy (non-hydrogen) atoms. The molecule has 0 radical (unpaired) electrons. The summed E-state index contributed by atoms with van der Waals surface area (Å²) < 4.78 is 18.3. The predicted octanol–water partition coefficient (Wildman–Crippen LogP) is 1.53. The van der Waals surface area contributed by atoms with E-state index in [0.29, 0.717) is 11.1 Å². The SMILES string of the molecule is COc1c(CON)ccc(C)c1F. The lowest BCUT2D eigenvalue weighted by molar-refractivity contribution is 0.121. The van der Waals surface area contributed by atoms with Crippen LogP contribution in [0.4, 0.5) is 4.39 Å². The zero-order valence-corrected chi connectivity index (χ0v) is 7.63. The van der Waals surface area contributed by atoms with Crippen molar-refractivity contribution < 1.29 is 14.0 Å². The minimum atomic E-state index is -0.364. The summed E-state index contributed by atoms with van der Waals surface area (Å²) in [5.74, 6) is 4.73. The van der Waals surface area contributed by atoms with E-state index in [1.807, 2.05) is 0 Å². The molecule has 4 heteroatoms. The van der Waals surface area contributed by atoms with Gasteiger partial charge in [0.2, 0.25) is 0 Å². The molecule has 1 rings (SSSR count). The van der Waals surface area contributed by atoms with Crippen LogP contribution in [0.3, 0.4) is 0 Å². The molecule has 0 saturated carbocycles. The fourth-order valence-corrected chi connectivity index (χ4v) is 1.12. The second-order valence-electron chi connectivity index (χ2n) is 2.70. The molecule has 1 aromatic rings. The summed E-state index contributed by atoms with van der Waals surface area (Å²) in [4.78, 5) is 4.42. The van der Waals surface area contributed by atoms with Crippen LogP contribution in [-0.4, -0.2) is 7.11 Å². The number of methoxy groups -OCH3 is 1. The van der Waals surface area contributed by atoms with Crippen LogP contribution < -0.4 is 10.6 Å². The highest BCUT2D eigenvalue weighted by molar-refractivity contribution is 5.38. The quantitative estimate of drug-likeness (QED) is 0.726. The molecule has 0 aliphatic heterocycles. The minimum Gasteiger partial charge on any atom is -0.493 e. The number of hydrogen-bond donors (Lipinski definition) is 1. The Balaban J connectivity index is 3.13. The molecule has 0 amide bonds. The summed E-state index contributed by atoms with van der Waals surface area (Å²) in [6.45, 7) is 1.81. The van der Waals surface area contributed by atoms with Crippen LogP contribution in [0.25, 0.3) is 0 Å². The van der Waals surface area contributed by atoms with Crippen LogP contribution >= 0.6 is 0 Å². The maximum atomic E-state index is 13.4. The Hall–Kier alpha value is -1.13. The summed E-state index contributed by atoms with van der Waals surface area (Å²) in [7, 11) is 1.41. The van der Waals surface area contributed by atoms with Gasteiger partial charge in [0.05, 0.1) is 13.7 Å². The third-order valence-electron chi connectivity index (χ3n) is 1.81. The molecule has 72 valence electrons. The van der Waals surface area contributed by atoms with E-state index >= 15 is 0 Å². The second-order valence-corrected chi connectivity index (χ2v) is 2.70. The Kier molecular flexibility index (Phi) is 3.22. The molecule has 0 fully saturated rings. The standard InChI is InChI=1S/C9H12FNO2/c1-6-3-4-7(5-13-11)9(12-2)8(6)10/h3-4H,5,11H2,1-2H3. The normalized spacial score (nSPS) is 10.2. The molecule has 0 unspecified atom stereocenters. The molecular weight excluding hydrogens is 173 g/mol. The van der Waals surface area contributed by atoms with Gasteiger partial charge in [0.25, 0.3) is 0 Å². The van der Waals surface area contributed by atoms with E-state index in [4.69, 9.17) is 10.6 Å². The first-order valence-corrected chi connectivity index (χ1v) is 3.84. The Labute approximate surface area is 76.2 Å². The second kappa shape index (κ2) is 4.20. The molecular formula is C9H12FNO2. The number of ether oxygens (including phenoxy) is 1. The van der Waals surface area contributed by atoms with Crippen LogP contribution in [0, 0.1) is 12.7 Å². The lowest BCUT2D eigenvalue weighted by Crippen LogP contribution is -2.03. The van der Waals surface area contributed by atoms with E-state index in [-0.39, 0.29) is 18.2 Å². The first-order valence-electron chi connectivity index (χ1n) is 3.84. The Morgan fingerprint density at radius 2 is 2.15 bits per heavy atom. The van der Waals surface area contributed by atoms with Gasteiger partial charge in [-0.3, -0.25) is 4.84 Å². The van der Waals surface area contributed by atoms with E-state index in [1.54, 1.807) is 19.1 Å². The topological polar surface area (TPSA) is 44.5 Å². The molecule has 0 spiro atoms. The van der Waals surface area contributed by atoms with Gasteiger partial charge in [0, 0.05) is 5.56 Å². The van der Waals surface area contributed by atoms with Gasteiger partial charge in [-0.25, -0.2) is 10.3 Å². The largest absolute Gasteiger partial charge is 0.493 e. The minimum absolute atomic E-state index is 0.139. The van der Waals surface area contributed by atoms with E-state index < -0.39 is 0 Å². The molecule has 0 bridgehead atoms. The van der Waals surface area contributed by atoms with Gasteiger partial charge in [-0.15, -0.1) is 0 Å². The van der Waals surface area contributed by atoms with Gasteiger partial charge >= 0.3 is 0 Å². The van der Waals surface area contributed by atoms with Crippen molar-refractivity contribution in [3.63, 3.8) is 0 Å². The maximum absolute atomic E-state index is 13.4. The van der Waals surface area contributed by atoms with E-state index in [0.717, 1.165) is 0 Å². The Bertz CT molecular complexity index is 302. The monoisotopic (exact) mass is 185 g/mol. The highest BCUT2D eigenvalue weighted by Crippen LogP contribution is 2.25. The van der Waals surface area contributed by atoms with Crippen molar-refractivity contribution in [1.29, 1.82) is 0 Å². The number of benzene rings is 1. The molecule has 0 aliphatic carbocycles. The summed E-state index contributed by atoms with van der Waals surface area (Å²) in [6, 6.07) is 3.39. The molecule has 2 N–H and O–H groups in total. The average Bonchev–Trinajstić information content (AvgIpc) is 2.12. The number of aryl methyl sites for hydroxylation is 1. The Morgan fingerprint density at radius 3 is 2.69 bits per heavy atom. The third kappa shape index (κ3) is 1.96. The van der Waals surface area contributed by atoms with Crippen LogP contribution in [-0.2, 0) is 11.4 Å². The molecule has 0 saturated heterocycles. The summed E-state index contributed by atoms with van der Waals surface area (Å²) >= 11 is 0. The molecule has 0 aliphatic rings. The number of hydrogen-bond acceptors (Lipinski definition) is 3. The van der Waals surface area contributed by atoms with Crippen molar-refractivity contribution in [2.45, 2.75) is 13.5 Å².